The van der Waals surface area contributed by atoms with E-state index in [4.69, 9.17) is 46.4 Å². The molecule has 0 aliphatic heterocycles. The molecule has 0 spiro atoms. The fourth-order valence-corrected chi connectivity index (χ4v) is 71.9. The molecule has 8 saturated carbocycles. The van der Waals surface area contributed by atoms with E-state index in [1.165, 1.54) is 168 Å². The number of rotatable bonds is 14. The van der Waals surface area contributed by atoms with Crippen LogP contribution in [0.3, 0.4) is 0 Å². The van der Waals surface area contributed by atoms with Gasteiger partial charge in [-0.2, -0.15) is 36.9 Å². The van der Waals surface area contributed by atoms with Crippen molar-refractivity contribution in [3.63, 3.8) is 0 Å². The zero-order chi connectivity index (χ0) is 64.0. The van der Waals surface area contributed by atoms with Crippen LogP contribution in [0.2, 0.25) is 0 Å². The van der Waals surface area contributed by atoms with Crippen LogP contribution >= 0.6 is 45.0 Å². The maximum Gasteiger partial charge on any atom is 1.00 e. The molecular formula is C64H106Ag2F6N4O6P6S2+4. The second-order valence-electron chi connectivity index (χ2n) is 25.7. The average molecular weight is 1610 g/mol. The molecule has 0 saturated heterocycles. The molecule has 8 aliphatic carbocycles. The maximum atomic E-state index is 10.7. The zero-order valence-corrected chi connectivity index (χ0v) is 63.7. The third-order valence-electron chi connectivity index (χ3n) is 19.5. The van der Waals surface area contributed by atoms with Crippen LogP contribution in [-0.2, 0) is 65.0 Å². The number of pyridine rings is 2. The average Bonchev–Trinajstić information content (AvgIpc) is 0.855. The van der Waals surface area contributed by atoms with Crippen LogP contribution in [0.15, 0.2) is 48.8 Å². The molecule has 2 aromatic rings. The van der Waals surface area contributed by atoms with E-state index in [-0.39, 0.29) is 89.8 Å². The topological polar surface area (TPSA) is 188 Å². The summed E-state index contributed by atoms with van der Waals surface area (Å²) >= 11 is 0. The summed E-state index contributed by atoms with van der Waals surface area (Å²) < 4.78 is 118. The molecule has 10 rings (SSSR count). The molecule has 8 fully saturated rings. The van der Waals surface area contributed by atoms with Crippen molar-refractivity contribution in [1.29, 1.82) is 10.5 Å². The van der Waals surface area contributed by atoms with E-state index in [1.54, 1.807) is 126 Å². The van der Waals surface area contributed by atoms with Gasteiger partial charge in [-0.25, -0.2) is 26.8 Å². The van der Waals surface area contributed by atoms with Gasteiger partial charge in [0.2, 0.25) is 0 Å². The Balaban J connectivity index is 0.000000348. The molecule has 520 valence electrons. The Morgan fingerprint density at radius 2 is 0.522 bits per heavy atom. The Morgan fingerprint density at radius 3 is 0.633 bits per heavy atom. The summed E-state index contributed by atoms with van der Waals surface area (Å²) in [6.45, 7) is 2.86. The third kappa shape index (κ3) is 28.5. The maximum absolute atomic E-state index is 10.7. The SMILES string of the molecule is CC#N.CC#N.O=S(=O)([O-])C(F)(F)F.O=S(=O)([O-])C(F)(F)F.[Ag+].[Ag+].c1ccc(P([PH+](C2CCCCC2)C2CCCCC2)[PH+](C2CCCCC2)C2CCCCC2)nc1.c1ccc(P([PH+](C2CCCCC2)C2CCCCC2)[PH+](C2CCCCC2)C2CCCCC2)nc1. The second-order valence-corrected chi connectivity index (χ2v) is 54.9. The van der Waals surface area contributed by atoms with E-state index in [0.29, 0.717) is 0 Å². The molecule has 0 amide bonds. The number of halogens is 6. The summed E-state index contributed by atoms with van der Waals surface area (Å²) in [6.07, 6.45) is 66.4. The zero-order valence-electron chi connectivity index (χ0n) is 53.3. The van der Waals surface area contributed by atoms with Crippen molar-refractivity contribution < 1.29 is 97.0 Å². The van der Waals surface area contributed by atoms with Gasteiger partial charge in [0, 0.05) is 26.2 Å². The molecule has 2 heterocycles. The van der Waals surface area contributed by atoms with Crippen molar-refractivity contribution in [3.8, 4) is 12.1 Å². The first-order valence-electron chi connectivity index (χ1n) is 33.7. The van der Waals surface area contributed by atoms with Gasteiger partial charge >= 0.3 is 55.8 Å². The van der Waals surface area contributed by atoms with Crippen LogP contribution in [0.5, 0.6) is 0 Å². The molecule has 0 bridgehead atoms. The van der Waals surface area contributed by atoms with Crippen LogP contribution in [0.1, 0.15) is 271 Å². The number of hydrogen-bond acceptors (Lipinski definition) is 10. The predicted molar refractivity (Wildman–Crippen MR) is 364 cm³/mol. The minimum atomic E-state index is -6.09. The van der Waals surface area contributed by atoms with Crippen LogP contribution in [0, 0.1) is 22.7 Å². The fraction of sp³-hybridized carbons (Fsp3) is 0.812. The van der Waals surface area contributed by atoms with E-state index in [2.05, 4.69) is 48.8 Å². The van der Waals surface area contributed by atoms with Crippen LogP contribution in [-0.4, -0.2) is 92.2 Å². The number of nitriles is 2. The van der Waals surface area contributed by atoms with E-state index in [0.717, 1.165) is 45.3 Å². The van der Waals surface area contributed by atoms with Crippen LogP contribution < -0.4 is 10.9 Å². The van der Waals surface area contributed by atoms with Crippen molar-refractivity contribution in [1.82, 2.24) is 9.97 Å². The van der Waals surface area contributed by atoms with E-state index < -0.39 is 31.3 Å². The summed E-state index contributed by atoms with van der Waals surface area (Å²) in [7, 11) is -13.7. The molecule has 0 radical (unpaired) electrons. The van der Waals surface area contributed by atoms with Gasteiger partial charge in [-0.05, 0) is 230 Å². The van der Waals surface area contributed by atoms with Gasteiger partial charge in [-0.3, -0.25) is 0 Å². The fourth-order valence-electron chi connectivity index (χ4n) is 15.8. The number of nitrogens with zero attached hydrogens (tertiary/aromatic N) is 4. The molecule has 90 heavy (non-hydrogen) atoms. The Bertz CT molecular complexity index is 2200. The Labute approximate surface area is 576 Å². The molecule has 0 aromatic carbocycles. The first-order valence-corrected chi connectivity index (χ1v) is 49.2. The third-order valence-corrected chi connectivity index (χ3v) is 62.5. The number of alkyl halides is 6. The van der Waals surface area contributed by atoms with Crippen molar-refractivity contribution in [3.05, 3.63) is 48.8 Å². The molecule has 10 nitrogen and oxygen atoms in total. The predicted octanol–water partition coefficient (Wildman–Crippen LogP) is 20.7. The van der Waals surface area contributed by atoms with Gasteiger partial charge < -0.3 is 9.11 Å². The van der Waals surface area contributed by atoms with E-state index in [9.17, 15) is 26.3 Å². The monoisotopic (exact) mass is 1600 g/mol. The summed E-state index contributed by atoms with van der Waals surface area (Å²) in [4.78, 5) is 10.6. The van der Waals surface area contributed by atoms with Gasteiger partial charge in [0.1, 0.15) is 10.9 Å². The van der Waals surface area contributed by atoms with Crippen molar-refractivity contribution in [2.75, 3.05) is 0 Å². The molecule has 0 unspecified atom stereocenters. The quantitative estimate of drug-likeness (QED) is 0.0579. The van der Waals surface area contributed by atoms with Crippen LogP contribution in [0.25, 0.3) is 0 Å². The summed E-state index contributed by atoms with van der Waals surface area (Å²) in [5, 5.41) is 14.6. The van der Waals surface area contributed by atoms with Crippen molar-refractivity contribution >= 4 is 76.1 Å². The second kappa shape index (κ2) is 45.4. The molecule has 0 atom stereocenters. The van der Waals surface area contributed by atoms with Crippen LogP contribution in [0.4, 0.5) is 26.3 Å². The number of aromatic nitrogens is 2. The van der Waals surface area contributed by atoms with E-state index in [1.807, 2.05) is 0 Å². The largest absolute Gasteiger partial charge is 1.00 e. The first kappa shape index (κ1) is 85.0. The van der Waals surface area contributed by atoms with Gasteiger partial charge in [-0.1, -0.05) is 63.5 Å². The number of hydrogen-bond donors (Lipinski definition) is 0. The van der Waals surface area contributed by atoms with Crippen molar-refractivity contribution in [2.45, 2.75) is 327 Å². The summed E-state index contributed by atoms with van der Waals surface area (Å²) in [5.41, 5.74) is 0.960. The van der Waals surface area contributed by atoms with Crippen molar-refractivity contribution in [2.24, 2.45) is 0 Å². The molecule has 2 aromatic heterocycles. The Morgan fingerprint density at radius 1 is 0.378 bits per heavy atom. The normalized spacial score (nSPS) is 21.2. The van der Waals surface area contributed by atoms with Gasteiger partial charge in [0.05, 0.1) is 87.9 Å². The molecule has 26 heteroatoms. The summed E-state index contributed by atoms with van der Waals surface area (Å²) in [6, 6.07) is 17.7. The molecular weight excluding hydrogens is 1500 g/mol. The minimum absolute atomic E-state index is 0. The van der Waals surface area contributed by atoms with Gasteiger partial charge in [-0.15, -0.1) is 0 Å². The van der Waals surface area contributed by atoms with E-state index >= 15 is 0 Å². The summed E-state index contributed by atoms with van der Waals surface area (Å²) in [5.74, 6) is 0. The molecule has 8 aliphatic rings. The Hall–Kier alpha value is 0.741. The standard InChI is InChI=1S/2C29H48NP3.2C2H3N.2CHF3O3S.2Ag/c2*1-5-15-25(16-6-1)31(26-17-7-2-8-18-26)33(29-23-13-14-24-30-29)32(27-19-9-3-10-20-27)28-21-11-4-12-22-28;2*1-2-3;2*2-1(3,4)8(5,6)7;;/h2*13-14,23-28H,1-12,15-22H2;2*1H3;2*(H,5,6,7);;/q;;;;;;2*+1/p+2. The molecule has 0 N–H and O–H groups in total. The Kier molecular flexibility index (Phi) is 42.9. The van der Waals surface area contributed by atoms with Gasteiger partial charge in [0.25, 0.3) is 14.6 Å². The van der Waals surface area contributed by atoms with Gasteiger partial charge in [0.15, 0.2) is 20.2 Å². The smallest absolute Gasteiger partial charge is 0.741 e. The first-order chi connectivity index (χ1) is 42.2. The minimum Gasteiger partial charge on any atom is -0.741 e.